The Kier molecular flexibility index (Phi) is 4.81. The van der Waals surface area contributed by atoms with Gasteiger partial charge in [0.2, 0.25) is 0 Å². The summed E-state index contributed by atoms with van der Waals surface area (Å²) in [6, 6.07) is 1.90. The van der Waals surface area contributed by atoms with Gasteiger partial charge in [-0.1, -0.05) is 25.3 Å². The van der Waals surface area contributed by atoms with Crippen molar-refractivity contribution in [1.82, 2.24) is 0 Å². The molecule has 0 aliphatic rings. The van der Waals surface area contributed by atoms with Crippen molar-refractivity contribution in [2.45, 2.75) is 6.54 Å². The Bertz CT molecular complexity index is 395. The van der Waals surface area contributed by atoms with E-state index >= 15 is 0 Å². The average Bonchev–Trinajstić information content (AvgIpc) is 2.57. The van der Waals surface area contributed by atoms with Crippen LogP contribution in [0.3, 0.4) is 0 Å². The van der Waals surface area contributed by atoms with E-state index in [4.69, 9.17) is 10.5 Å². The second kappa shape index (κ2) is 5.90. The fraction of sp³-hybridized carbons (Fsp3) is 0.0909. The molecular weight excluding hydrogens is 274 g/mol. The molecule has 0 aliphatic carbocycles. The summed E-state index contributed by atoms with van der Waals surface area (Å²) in [6.07, 6.45) is 5.19. The minimum absolute atomic E-state index is 0.515. The van der Waals surface area contributed by atoms with Crippen molar-refractivity contribution in [3.63, 3.8) is 0 Å². The Morgan fingerprint density at radius 2 is 2.40 bits per heavy atom. The van der Waals surface area contributed by atoms with E-state index in [1.807, 2.05) is 6.07 Å². The monoisotopic (exact) mass is 285 g/mol. The highest BCUT2D eigenvalue weighted by Gasteiger charge is 2.07. The van der Waals surface area contributed by atoms with Gasteiger partial charge in [0.25, 0.3) is 0 Å². The highest BCUT2D eigenvalue weighted by atomic mass is 79.9. The van der Waals surface area contributed by atoms with Gasteiger partial charge in [-0.3, -0.25) is 0 Å². The second-order valence-corrected chi connectivity index (χ2v) is 5.17. The normalized spacial score (nSPS) is 10.5. The van der Waals surface area contributed by atoms with Crippen LogP contribution >= 0.6 is 27.3 Å². The van der Waals surface area contributed by atoms with Crippen LogP contribution in [0.15, 0.2) is 47.0 Å². The zero-order valence-corrected chi connectivity index (χ0v) is 10.6. The average molecular weight is 286 g/mol. The van der Waals surface area contributed by atoms with Gasteiger partial charge in [-0.2, -0.15) is 0 Å². The lowest BCUT2D eigenvalue weighted by atomic mass is 10.4. The molecule has 0 spiro atoms. The van der Waals surface area contributed by atoms with E-state index in [9.17, 15) is 0 Å². The largest absolute Gasteiger partial charge is 0.456 e. The summed E-state index contributed by atoms with van der Waals surface area (Å²) >= 11 is 4.97. The van der Waals surface area contributed by atoms with Crippen molar-refractivity contribution in [1.29, 1.82) is 0 Å². The van der Waals surface area contributed by atoms with Crippen molar-refractivity contribution in [3.8, 4) is 5.75 Å². The molecule has 0 aliphatic heterocycles. The van der Waals surface area contributed by atoms with Gasteiger partial charge in [0, 0.05) is 11.4 Å². The lowest BCUT2D eigenvalue weighted by molar-refractivity contribution is 0.446. The number of hydrogen-bond donors (Lipinski definition) is 1. The molecule has 1 aromatic heterocycles. The molecule has 0 amide bonds. The number of rotatable bonds is 5. The molecule has 0 atom stereocenters. The summed E-state index contributed by atoms with van der Waals surface area (Å²) < 4.78 is 6.44. The summed E-state index contributed by atoms with van der Waals surface area (Å²) in [6.45, 7) is 7.84. The molecule has 1 aromatic rings. The summed E-state index contributed by atoms with van der Waals surface area (Å²) in [4.78, 5) is 1.07. The van der Waals surface area contributed by atoms with Gasteiger partial charge >= 0.3 is 0 Å². The quantitative estimate of drug-likeness (QED) is 0.663. The standard InChI is InChI=1S/C11H12BrNOS/c1-3-4-5-8(2)14-10-6-9(7-13)15-11(10)12/h3-6H,1-2,7,13H2/b5-4-. The van der Waals surface area contributed by atoms with E-state index in [2.05, 4.69) is 29.1 Å². The fourth-order valence-corrected chi connectivity index (χ4v) is 2.42. The van der Waals surface area contributed by atoms with E-state index in [0.717, 1.165) is 14.4 Å². The van der Waals surface area contributed by atoms with E-state index in [-0.39, 0.29) is 0 Å². The summed E-state index contributed by atoms with van der Waals surface area (Å²) in [5, 5.41) is 0. The molecule has 0 radical (unpaired) electrons. The van der Waals surface area contributed by atoms with Crippen molar-refractivity contribution in [2.24, 2.45) is 5.73 Å². The first-order valence-corrected chi connectivity index (χ1v) is 5.92. The van der Waals surface area contributed by atoms with Gasteiger partial charge in [-0.05, 0) is 28.1 Å². The lowest BCUT2D eigenvalue weighted by Gasteiger charge is -2.02. The Hall–Kier alpha value is -0.840. The van der Waals surface area contributed by atoms with Gasteiger partial charge in [-0.25, -0.2) is 0 Å². The minimum atomic E-state index is 0.515. The molecule has 1 rings (SSSR count). The number of nitrogens with two attached hydrogens (primary N) is 1. The molecule has 0 bridgehead atoms. The molecule has 0 saturated carbocycles. The summed E-state index contributed by atoms with van der Waals surface area (Å²) in [7, 11) is 0. The molecule has 1 heterocycles. The SMILES string of the molecule is C=C/C=C\C(=C)Oc1cc(CN)sc1Br. The summed E-state index contributed by atoms with van der Waals surface area (Å²) in [5.74, 6) is 1.32. The van der Waals surface area contributed by atoms with Crippen molar-refractivity contribution < 1.29 is 4.74 Å². The third kappa shape index (κ3) is 3.66. The molecule has 80 valence electrons. The molecule has 2 N–H and O–H groups in total. The van der Waals surface area contributed by atoms with E-state index in [0.29, 0.717) is 12.3 Å². The van der Waals surface area contributed by atoms with Crippen LogP contribution < -0.4 is 10.5 Å². The highest BCUT2D eigenvalue weighted by molar-refractivity contribution is 9.11. The van der Waals surface area contributed by atoms with Crippen molar-refractivity contribution >= 4 is 27.3 Å². The van der Waals surface area contributed by atoms with Crippen LogP contribution in [0.1, 0.15) is 4.88 Å². The Morgan fingerprint density at radius 3 is 2.93 bits per heavy atom. The third-order valence-electron chi connectivity index (χ3n) is 1.57. The third-order valence-corrected chi connectivity index (χ3v) is 3.37. The van der Waals surface area contributed by atoms with Crippen LogP contribution in [0.4, 0.5) is 0 Å². The molecule has 0 aromatic carbocycles. The van der Waals surface area contributed by atoms with Gasteiger partial charge in [0.05, 0.1) is 0 Å². The molecule has 15 heavy (non-hydrogen) atoms. The van der Waals surface area contributed by atoms with Gasteiger partial charge in [0.1, 0.15) is 9.55 Å². The Morgan fingerprint density at radius 1 is 1.67 bits per heavy atom. The van der Waals surface area contributed by atoms with Crippen LogP contribution in [0.2, 0.25) is 0 Å². The second-order valence-electron chi connectivity index (χ2n) is 2.72. The first kappa shape index (κ1) is 12.2. The van der Waals surface area contributed by atoms with Crippen LogP contribution in [0.25, 0.3) is 0 Å². The molecule has 0 fully saturated rings. The zero-order chi connectivity index (χ0) is 11.3. The number of ether oxygens (including phenoxy) is 1. The number of halogens is 1. The summed E-state index contributed by atoms with van der Waals surface area (Å²) in [5.41, 5.74) is 5.53. The molecule has 2 nitrogen and oxygen atoms in total. The van der Waals surface area contributed by atoms with Crippen LogP contribution in [-0.4, -0.2) is 0 Å². The first-order chi connectivity index (χ1) is 7.17. The molecular formula is C11H12BrNOS. The van der Waals surface area contributed by atoms with Crippen LogP contribution in [0.5, 0.6) is 5.75 Å². The minimum Gasteiger partial charge on any atom is -0.456 e. The molecule has 0 unspecified atom stereocenters. The number of allylic oxidation sites excluding steroid dienone is 3. The Labute approximate surface area is 102 Å². The zero-order valence-electron chi connectivity index (χ0n) is 8.20. The van der Waals surface area contributed by atoms with E-state index in [1.165, 1.54) is 0 Å². The smallest absolute Gasteiger partial charge is 0.152 e. The van der Waals surface area contributed by atoms with Crippen molar-refractivity contribution in [3.05, 3.63) is 51.9 Å². The highest BCUT2D eigenvalue weighted by Crippen LogP contribution is 2.35. The predicted molar refractivity (Wildman–Crippen MR) is 69.0 cm³/mol. The maximum Gasteiger partial charge on any atom is 0.152 e. The number of thiophene rings is 1. The fourth-order valence-electron chi connectivity index (χ4n) is 0.919. The maximum absolute atomic E-state index is 5.53. The predicted octanol–water partition coefficient (Wildman–Crippen LogP) is 3.60. The molecule has 0 saturated heterocycles. The maximum atomic E-state index is 5.53. The van der Waals surface area contributed by atoms with Crippen LogP contribution in [-0.2, 0) is 6.54 Å². The van der Waals surface area contributed by atoms with Gasteiger partial charge in [-0.15, -0.1) is 11.3 Å². The van der Waals surface area contributed by atoms with Crippen LogP contribution in [0, 0.1) is 0 Å². The molecule has 4 heteroatoms. The first-order valence-electron chi connectivity index (χ1n) is 4.31. The van der Waals surface area contributed by atoms with Gasteiger partial charge in [0.15, 0.2) is 5.75 Å². The lowest BCUT2D eigenvalue weighted by Crippen LogP contribution is -1.92. The number of hydrogen-bond acceptors (Lipinski definition) is 3. The topological polar surface area (TPSA) is 35.2 Å². The van der Waals surface area contributed by atoms with Gasteiger partial charge < -0.3 is 10.5 Å². The van der Waals surface area contributed by atoms with E-state index < -0.39 is 0 Å². The van der Waals surface area contributed by atoms with E-state index in [1.54, 1.807) is 29.6 Å². The van der Waals surface area contributed by atoms with Crippen molar-refractivity contribution in [2.75, 3.05) is 0 Å². The Balaban J connectivity index is 2.71.